The summed E-state index contributed by atoms with van der Waals surface area (Å²) in [4.78, 5) is 26.1. The molecule has 0 aliphatic heterocycles. The molecule has 2 rings (SSSR count). The van der Waals surface area contributed by atoms with Crippen LogP contribution in [-0.4, -0.2) is 22.0 Å². The number of carbonyl (C=O) groups is 2. The van der Waals surface area contributed by atoms with Gasteiger partial charge in [-0.25, -0.2) is 14.2 Å². The van der Waals surface area contributed by atoms with E-state index in [2.05, 4.69) is 26.2 Å². The Morgan fingerprint density at radius 3 is 2.74 bits per heavy atom. The molecule has 1 amide bonds. The first-order valence-corrected chi connectivity index (χ1v) is 6.60. The van der Waals surface area contributed by atoms with Crippen molar-refractivity contribution in [1.82, 2.24) is 4.98 Å². The summed E-state index contributed by atoms with van der Waals surface area (Å²) in [7, 11) is 0. The summed E-state index contributed by atoms with van der Waals surface area (Å²) in [6.45, 7) is 0. The summed E-state index contributed by atoms with van der Waals surface area (Å²) in [5.41, 5.74) is 0.195. The molecule has 1 heterocycles. The van der Waals surface area contributed by atoms with E-state index in [4.69, 9.17) is 5.11 Å². The highest BCUT2D eigenvalue weighted by atomic mass is 79.9. The summed E-state index contributed by atoms with van der Waals surface area (Å²) in [6.07, 6.45) is 0. The summed E-state index contributed by atoms with van der Waals surface area (Å²) in [6, 6.07) is 3.99. The highest BCUT2D eigenvalue weighted by molar-refractivity contribution is 9.10. The Morgan fingerprint density at radius 2 is 2.16 bits per heavy atom. The van der Waals surface area contributed by atoms with Crippen LogP contribution in [0.25, 0.3) is 0 Å². The van der Waals surface area contributed by atoms with Gasteiger partial charge in [0.2, 0.25) is 0 Å². The molecule has 5 nitrogen and oxygen atoms in total. The second-order valence-electron chi connectivity index (χ2n) is 3.43. The highest BCUT2D eigenvalue weighted by Gasteiger charge is 2.15. The van der Waals surface area contributed by atoms with Gasteiger partial charge in [-0.15, -0.1) is 11.3 Å². The van der Waals surface area contributed by atoms with Crippen molar-refractivity contribution < 1.29 is 19.1 Å². The number of thiazole rings is 1. The van der Waals surface area contributed by atoms with Crippen LogP contribution < -0.4 is 5.32 Å². The minimum atomic E-state index is -1.19. The Hall–Kier alpha value is -1.80. The third-order valence-electron chi connectivity index (χ3n) is 2.10. The number of anilines is 1. The van der Waals surface area contributed by atoms with Gasteiger partial charge < -0.3 is 10.4 Å². The topological polar surface area (TPSA) is 79.3 Å². The number of nitrogens with zero attached hydrogens (tertiary/aromatic N) is 1. The molecule has 1 aromatic heterocycles. The maximum absolute atomic E-state index is 13.0. The van der Waals surface area contributed by atoms with Crippen molar-refractivity contribution in [2.45, 2.75) is 0 Å². The van der Waals surface area contributed by atoms with Crippen molar-refractivity contribution in [3.63, 3.8) is 0 Å². The smallest absolute Gasteiger partial charge is 0.355 e. The molecule has 0 bridgehead atoms. The SMILES string of the molecule is O=C(O)c1csc(C(=O)Nc2ccc(F)c(Br)c2)n1. The Kier molecular flexibility index (Phi) is 3.91. The van der Waals surface area contributed by atoms with E-state index in [1.54, 1.807) is 0 Å². The number of halogens is 2. The van der Waals surface area contributed by atoms with Crippen molar-refractivity contribution in [2.24, 2.45) is 0 Å². The molecule has 8 heteroatoms. The molecule has 0 atom stereocenters. The lowest BCUT2D eigenvalue weighted by Gasteiger charge is -2.03. The molecule has 0 radical (unpaired) electrons. The molecule has 0 fully saturated rings. The number of carboxylic acids is 1. The number of aromatic carboxylic acids is 1. The van der Waals surface area contributed by atoms with Gasteiger partial charge in [0.15, 0.2) is 10.7 Å². The standard InChI is InChI=1S/C11H6BrFN2O3S/c12-6-3-5(1-2-7(6)13)14-9(16)10-15-8(4-19-10)11(17)18/h1-4H,(H,14,16)(H,17,18). The van der Waals surface area contributed by atoms with Gasteiger partial charge in [0.05, 0.1) is 4.47 Å². The molecule has 98 valence electrons. The van der Waals surface area contributed by atoms with Crippen LogP contribution in [0.4, 0.5) is 10.1 Å². The van der Waals surface area contributed by atoms with Crippen LogP contribution in [0, 0.1) is 5.82 Å². The number of nitrogens with one attached hydrogen (secondary N) is 1. The molecule has 0 spiro atoms. The van der Waals surface area contributed by atoms with E-state index in [9.17, 15) is 14.0 Å². The molecule has 2 aromatic rings. The van der Waals surface area contributed by atoms with E-state index >= 15 is 0 Å². The van der Waals surface area contributed by atoms with E-state index < -0.39 is 17.7 Å². The Labute approximate surface area is 119 Å². The molecular formula is C11H6BrFN2O3S. The van der Waals surface area contributed by atoms with Crippen molar-refractivity contribution >= 4 is 44.8 Å². The number of aromatic nitrogens is 1. The summed E-state index contributed by atoms with van der Waals surface area (Å²) in [5, 5.41) is 12.5. The number of benzene rings is 1. The number of rotatable bonds is 3. The van der Waals surface area contributed by atoms with Gasteiger partial charge in [-0.1, -0.05) is 0 Å². The molecule has 1 aromatic carbocycles. The molecule has 0 saturated heterocycles. The van der Waals surface area contributed by atoms with Crippen molar-refractivity contribution in [3.05, 3.63) is 44.6 Å². The monoisotopic (exact) mass is 344 g/mol. The van der Waals surface area contributed by atoms with Crippen LogP contribution in [0.3, 0.4) is 0 Å². The van der Waals surface area contributed by atoms with Gasteiger partial charge in [0.1, 0.15) is 5.82 Å². The minimum Gasteiger partial charge on any atom is -0.476 e. The first kappa shape index (κ1) is 13.6. The van der Waals surface area contributed by atoms with Gasteiger partial charge in [-0.3, -0.25) is 4.79 Å². The second-order valence-corrected chi connectivity index (χ2v) is 5.14. The van der Waals surface area contributed by atoms with E-state index in [1.165, 1.54) is 23.6 Å². The lowest BCUT2D eigenvalue weighted by Crippen LogP contribution is -2.12. The Bertz CT molecular complexity index is 659. The largest absolute Gasteiger partial charge is 0.476 e. The van der Waals surface area contributed by atoms with Crippen LogP contribution >= 0.6 is 27.3 Å². The second kappa shape index (κ2) is 5.45. The fraction of sp³-hybridized carbons (Fsp3) is 0. The maximum atomic E-state index is 13.0. The van der Waals surface area contributed by atoms with Crippen LogP contribution in [0.5, 0.6) is 0 Å². The minimum absolute atomic E-state index is 0.0258. The lowest BCUT2D eigenvalue weighted by atomic mass is 10.3. The average Bonchev–Trinajstić information content (AvgIpc) is 2.83. The molecule has 0 saturated carbocycles. The molecular weight excluding hydrogens is 339 g/mol. The zero-order valence-corrected chi connectivity index (χ0v) is 11.6. The van der Waals surface area contributed by atoms with Gasteiger partial charge in [-0.2, -0.15) is 0 Å². The number of carbonyl (C=O) groups excluding carboxylic acids is 1. The zero-order chi connectivity index (χ0) is 14.0. The van der Waals surface area contributed by atoms with Crippen molar-refractivity contribution in [3.8, 4) is 0 Å². The summed E-state index contributed by atoms with van der Waals surface area (Å²) >= 11 is 3.92. The lowest BCUT2D eigenvalue weighted by molar-refractivity contribution is 0.0691. The van der Waals surface area contributed by atoms with Crippen molar-refractivity contribution in [1.29, 1.82) is 0 Å². The van der Waals surface area contributed by atoms with Gasteiger partial charge >= 0.3 is 5.97 Å². The predicted molar refractivity (Wildman–Crippen MR) is 71.1 cm³/mol. The fourth-order valence-corrected chi connectivity index (χ4v) is 2.30. The average molecular weight is 345 g/mol. The fourth-order valence-electron chi connectivity index (χ4n) is 1.23. The molecule has 0 aliphatic carbocycles. The normalized spacial score (nSPS) is 10.2. The van der Waals surface area contributed by atoms with Crippen LogP contribution in [0.2, 0.25) is 0 Å². The maximum Gasteiger partial charge on any atom is 0.355 e. The molecule has 0 unspecified atom stereocenters. The van der Waals surface area contributed by atoms with E-state index in [-0.39, 0.29) is 15.2 Å². The first-order valence-electron chi connectivity index (χ1n) is 4.92. The van der Waals surface area contributed by atoms with E-state index in [0.717, 1.165) is 11.3 Å². The Balaban J connectivity index is 2.15. The Morgan fingerprint density at radius 1 is 1.42 bits per heavy atom. The third-order valence-corrected chi connectivity index (χ3v) is 3.54. The quantitative estimate of drug-likeness (QED) is 0.896. The van der Waals surface area contributed by atoms with Crippen LogP contribution in [0.15, 0.2) is 28.1 Å². The summed E-state index contributed by atoms with van der Waals surface area (Å²) < 4.78 is 13.2. The third kappa shape index (κ3) is 3.15. The zero-order valence-electron chi connectivity index (χ0n) is 9.18. The van der Waals surface area contributed by atoms with Gasteiger partial charge in [0.25, 0.3) is 5.91 Å². The first-order chi connectivity index (χ1) is 8.97. The predicted octanol–water partition coefficient (Wildman–Crippen LogP) is 3.00. The van der Waals surface area contributed by atoms with Gasteiger partial charge in [-0.05, 0) is 34.1 Å². The molecule has 19 heavy (non-hydrogen) atoms. The van der Waals surface area contributed by atoms with Crippen molar-refractivity contribution in [2.75, 3.05) is 5.32 Å². The van der Waals surface area contributed by atoms with E-state index in [0.29, 0.717) is 5.69 Å². The van der Waals surface area contributed by atoms with Gasteiger partial charge in [0, 0.05) is 11.1 Å². The number of hydrogen-bond donors (Lipinski definition) is 2. The number of amides is 1. The summed E-state index contributed by atoms with van der Waals surface area (Å²) in [5.74, 6) is -2.18. The number of hydrogen-bond acceptors (Lipinski definition) is 4. The van der Waals surface area contributed by atoms with E-state index in [1.807, 2.05) is 0 Å². The molecule has 0 aliphatic rings. The highest BCUT2D eigenvalue weighted by Crippen LogP contribution is 2.21. The van der Waals surface area contributed by atoms with Crippen LogP contribution in [-0.2, 0) is 0 Å². The van der Waals surface area contributed by atoms with Crippen LogP contribution in [0.1, 0.15) is 20.3 Å². The molecule has 2 N–H and O–H groups in total. The number of carboxylic acid groups (broad SMARTS) is 1.